The van der Waals surface area contributed by atoms with Crippen LogP contribution in [0.25, 0.3) is 0 Å². The highest BCUT2D eigenvalue weighted by molar-refractivity contribution is 5.75. The van der Waals surface area contributed by atoms with Crippen LogP contribution in [0.1, 0.15) is 11.3 Å². The van der Waals surface area contributed by atoms with Crippen LogP contribution < -0.4 is 4.74 Å². The second-order valence-electron chi connectivity index (χ2n) is 5.37. The third kappa shape index (κ3) is 5.00. The molecule has 1 heterocycles. The summed E-state index contributed by atoms with van der Waals surface area (Å²) in [6, 6.07) is 8.34. The molecule has 8 heteroatoms. The van der Waals surface area contributed by atoms with E-state index in [-0.39, 0.29) is 19.1 Å². The molecule has 0 bridgehead atoms. The normalized spacial score (nSPS) is 11.4. The quantitative estimate of drug-likeness (QED) is 0.812. The van der Waals surface area contributed by atoms with Crippen molar-refractivity contribution in [2.45, 2.75) is 19.6 Å². The van der Waals surface area contributed by atoms with Gasteiger partial charge >= 0.3 is 6.18 Å². The molecule has 0 N–H and O–H groups in total. The fraction of sp³-hybridized carbons (Fsp3) is 0.375. The SMILES string of the molecule is Cc1ccc(OCCN(C)C(=O)Cn2ccc(C(F)(F)F)n2)cc1. The number of hydrogen-bond donors (Lipinski definition) is 0. The van der Waals surface area contributed by atoms with Gasteiger partial charge in [-0.1, -0.05) is 17.7 Å². The topological polar surface area (TPSA) is 47.4 Å². The summed E-state index contributed by atoms with van der Waals surface area (Å²) < 4.78 is 43.9. The van der Waals surface area contributed by atoms with Crippen molar-refractivity contribution in [3.05, 3.63) is 47.8 Å². The van der Waals surface area contributed by atoms with Gasteiger partial charge in [-0.2, -0.15) is 18.3 Å². The molecule has 2 rings (SSSR count). The number of halogens is 3. The highest BCUT2D eigenvalue weighted by Gasteiger charge is 2.33. The van der Waals surface area contributed by atoms with Gasteiger partial charge in [-0.15, -0.1) is 0 Å². The molecule has 5 nitrogen and oxygen atoms in total. The maximum atomic E-state index is 12.5. The van der Waals surface area contributed by atoms with E-state index in [1.807, 2.05) is 31.2 Å². The van der Waals surface area contributed by atoms with Crippen molar-refractivity contribution in [3.63, 3.8) is 0 Å². The fourth-order valence-corrected chi connectivity index (χ4v) is 1.92. The minimum Gasteiger partial charge on any atom is -0.492 e. The first-order valence-electron chi connectivity index (χ1n) is 7.30. The Labute approximate surface area is 137 Å². The summed E-state index contributed by atoms with van der Waals surface area (Å²) in [5.74, 6) is 0.350. The third-order valence-corrected chi connectivity index (χ3v) is 3.37. The Bertz CT molecular complexity index is 681. The van der Waals surface area contributed by atoms with Gasteiger partial charge in [0.05, 0.1) is 6.54 Å². The smallest absolute Gasteiger partial charge is 0.435 e. The highest BCUT2D eigenvalue weighted by Crippen LogP contribution is 2.27. The van der Waals surface area contributed by atoms with Gasteiger partial charge in [0.1, 0.15) is 18.9 Å². The van der Waals surface area contributed by atoms with Crippen molar-refractivity contribution in [2.24, 2.45) is 0 Å². The first-order valence-corrected chi connectivity index (χ1v) is 7.30. The lowest BCUT2D eigenvalue weighted by molar-refractivity contribution is -0.142. The lowest BCUT2D eigenvalue weighted by atomic mass is 10.2. The molecule has 0 unspecified atom stereocenters. The summed E-state index contributed by atoms with van der Waals surface area (Å²) in [6.07, 6.45) is -3.38. The van der Waals surface area contributed by atoms with E-state index in [9.17, 15) is 18.0 Å². The Kier molecular flexibility index (Phi) is 5.48. The Morgan fingerprint density at radius 1 is 1.25 bits per heavy atom. The molecule has 0 aliphatic heterocycles. The second kappa shape index (κ2) is 7.37. The number of nitrogens with zero attached hydrogens (tertiary/aromatic N) is 3. The number of aryl methyl sites for hydroxylation is 1. The molecule has 0 saturated heterocycles. The lowest BCUT2D eigenvalue weighted by Crippen LogP contribution is -2.33. The van der Waals surface area contributed by atoms with Crippen molar-refractivity contribution < 1.29 is 22.7 Å². The molecule has 0 fully saturated rings. The number of amides is 1. The predicted molar refractivity (Wildman–Crippen MR) is 81.5 cm³/mol. The van der Waals surface area contributed by atoms with E-state index in [0.717, 1.165) is 22.5 Å². The van der Waals surface area contributed by atoms with E-state index >= 15 is 0 Å². The molecule has 0 radical (unpaired) electrons. The zero-order chi connectivity index (χ0) is 17.7. The van der Waals surface area contributed by atoms with Crippen molar-refractivity contribution in [2.75, 3.05) is 20.2 Å². The minimum atomic E-state index is -4.51. The standard InChI is InChI=1S/C16H18F3N3O2/c1-12-3-5-13(6-4-12)24-10-9-21(2)15(23)11-22-8-7-14(20-22)16(17,18)19/h3-8H,9-11H2,1-2H3. The minimum absolute atomic E-state index is 0.253. The summed E-state index contributed by atoms with van der Waals surface area (Å²) in [5, 5.41) is 3.35. The zero-order valence-corrected chi connectivity index (χ0v) is 13.4. The molecule has 1 aromatic carbocycles. The summed E-state index contributed by atoms with van der Waals surface area (Å²) in [6.45, 7) is 2.32. The number of carbonyl (C=O) groups is 1. The van der Waals surface area contributed by atoms with Crippen LogP contribution in [0.3, 0.4) is 0 Å². The Hall–Kier alpha value is -2.51. The van der Waals surface area contributed by atoms with Crippen LogP contribution in [-0.4, -0.2) is 40.8 Å². The molecule has 0 spiro atoms. The van der Waals surface area contributed by atoms with Gasteiger partial charge in [-0.25, -0.2) is 0 Å². The van der Waals surface area contributed by atoms with E-state index in [2.05, 4.69) is 5.10 Å². The molecule has 0 atom stereocenters. The largest absolute Gasteiger partial charge is 0.492 e. The number of alkyl halides is 3. The van der Waals surface area contributed by atoms with Crippen LogP contribution >= 0.6 is 0 Å². The maximum absolute atomic E-state index is 12.5. The van der Waals surface area contributed by atoms with E-state index in [0.29, 0.717) is 12.3 Å². The number of ether oxygens (including phenoxy) is 1. The average molecular weight is 341 g/mol. The zero-order valence-electron chi connectivity index (χ0n) is 13.4. The monoisotopic (exact) mass is 341 g/mol. The number of rotatable bonds is 6. The van der Waals surface area contributed by atoms with Gasteiger partial charge in [-0.05, 0) is 25.1 Å². The number of hydrogen-bond acceptors (Lipinski definition) is 3. The average Bonchev–Trinajstić information content (AvgIpc) is 2.98. The van der Waals surface area contributed by atoms with E-state index in [4.69, 9.17) is 4.74 Å². The van der Waals surface area contributed by atoms with Crippen LogP contribution in [0.2, 0.25) is 0 Å². The van der Waals surface area contributed by atoms with Gasteiger partial charge in [0, 0.05) is 13.2 Å². The van der Waals surface area contributed by atoms with Crippen molar-refractivity contribution in [1.82, 2.24) is 14.7 Å². The van der Waals surface area contributed by atoms with E-state index in [1.165, 1.54) is 4.90 Å². The second-order valence-corrected chi connectivity index (χ2v) is 5.37. The molecular formula is C16H18F3N3O2. The Balaban J connectivity index is 1.79. The molecule has 1 amide bonds. The summed E-state index contributed by atoms with van der Waals surface area (Å²) in [5.41, 5.74) is 0.104. The molecule has 0 aliphatic rings. The maximum Gasteiger partial charge on any atom is 0.435 e. The van der Waals surface area contributed by atoms with Crippen LogP contribution in [0, 0.1) is 6.92 Å². The molecule has 24 heavy (non-hydrogen) atoms. The fourth-order valence-electron chi connectivity index (χ4n) is 1.92. The first kappa shape index (κ1) is 17.8. The summed E-state index contributed by atoms with van der Waals surface area (Å²) in [4.78, 5) is 13.4. The van der Waals surface area contributed by atoms with E-state index < -0.39 is 11.9 Å². The number of carbonyl (C=O) groups excluding carboxylic acids is 1. The van der Waals surface area contributed by atoms with Gasteiger partial charge in [0.15, 0.2) is 5.69 Å². The molecule has 0 saturated carbocycles. The highest BCUT2D eigenvalue weighted by atomic mass is 19.4. The van der Waals surface area contributed by atoms with Crippen LogP contribution in [-0.2, 0) is 17.5 Å². The number of aromatic nitrogens is 2. The van der Waals surface area contributed by atoms with Gasteiger partial charge in [0.2, 0.25) is 5.91 Å². The number of likely N-dealkylation sites (N-methyl/N-ethyl adjacent to an activating group) is 1. The van der Waals surface area contributed by atoms with Crippen molar-refractivity contribution in [3.8, 4) is 5.75 Å². The van der Waals surface area contributed by atoms with Crippen LogP contribution in [0.4, 0.5) is 13.2 Å². The van der Waals surface area contributed by atoms with Crippen LogP contribution in [0.15, 0.2) is 36.5 Å². The summed E-state index contributed by atoms with van der Waals surface area (Å²) in [7, 11) is 1.56. The lowest BCUT2D eigenvalue weighted by Gasteiger charge is -2.17. The third-order valence-electron chi connectivity index (χ3n) is 3.37. The molecule has 130 valence electrons. The predicted octanol–water partition coefficient (Wildman–Crippen LogP) is 2.75. The van der Waals surface area contributed by atoms with Gasteiger partial charge < -0.3 is 9.64 Å². The molecule has 2 aromatic rings. The molecular weight excluding hydrogens is 323 g/mol. The van der Waals surface area contributed by atoms with E-state index in [1.54, 1.807) is 7.05 Å². The van der Waals surface area contributed by atoms with Gasteiger partial charge in [-0.3, -0.25) is 9.48 Å². The van der Waals surface area contributed by atoms with Crippen LogP contribution in [0.5, 0.6) is 5.75 Å². The number of benzene rings is 1. The van der Waals surface area contributed by atoms with Crippen molar-refractivity contribution in [1.29, 1.82) is 0 Å². The first-order chi connectivity index (χ1) is 11.3. The van der Waals surface area contributed by atoms with Gasteiger partial charge in [0.25, 0.3) is 0 Å². The van der Waals surface area contributed by atoms with Crippen molar-refractivity contribution >= 4 is 5.91 Å². The molecule has 1 aromatic heterocycles. The Morgan fingerprint density at radius 3 is 2.50 bits per heavy atom. The molecule has 0 aliphatic carbocycles. The summed E-state index contributed by atoms with van der Waals surface area (Å²) >= 11 is 0. The Morgan fingerprint density at radius 2 is 1.92 bits per heavy atom.